The van der Waals surface area contributed by atoms with E-state index in [2.05, 4.69) is 37.9 Å². The molecule has 0 aliphatic carbocycles. The summed E-state index contributed by atoms with van der Waals surface area (Å²) in [5.74, 6) is 2.45. The monoisotopic (exact) mass is 285 g/mol. The van der Waals surface area contributed by atoms with Crippen LogP contribution < -0.4 is 10.2 Å². The molecule has 1 saturated heterocycles. The number of nitrogens with one attached hydrogen (secondary N) is 1. The van der Waals surface area contributed by atoms with E-state index in [1.165, 1.54) is 27.2 Å². The number of anilines is 1. The average Bonchev–Trinajstić information content (AvgIpc) is 2.68. The molecule has 0 spiro atoms. The third-order valence-electron chi connectivity index (χ3n) is 3.17. The molecule has 1 fully saturated rings. The Hall–Kier alpha value is -0.260. The van der Waals surface area contributed by atoms with E-state index in [0.29, 0.717) is 12.1 Å². The van der Waals surface area contributed by atoms with Crippen molar-refractivity contribution < 1.29 is 0 Å². The minimum Gasteiger partial charge on any atom is -0.344 e. The van der Waals surface area contributed by atoms with Crippen LogP contribution in [0.2, 0.25) is 0 Å². The largest absolute Gasteiger partial charge is 0.344 e. The molecule has 0 aromatic carbocycles. The van der Waals surface area contributed by atoms with Gasteiger partial charge in [0.05, 0.1) is 5.69 Å². The van der Waals surface area contributed by atoms with Crippen LogP contribution in [-0.4, -0.2) is 35.1 Å². The number of hydrogen-bond donors (Lipinski definition) is 1. The van der Waals surface area contributed by atoms with Crippen LogP contribution in [0.4, 0.5) is 5.13 Å². The van der Waals surface area contributed by atoms with Crippen LogP contribution in [-0.2, 0) is 6.54 Å². The van der Waals surface area contributed by atoms with Gasteiger partial charge in [-0.2, -0.15) is 11.8 Å². The van der Waals surface area contributed by atoms with Gasteiger partial charge >= 0.3 is 0 Å². The molecule has 2 heterocycles. The van der Waals surface area contributed by atoms with Crippen molar-refractivity contribution in [3.63, 3.8) is 0 Å². The molecular formula is C13H23N3S2. The number of hydrogen-bond acceptors (Lipinski definition) is 5. The number of nitrogens with zero attached hydrogens (tertiary/aromatic N) is 2. The van der Waals surface area contributed by atoms with Gasteiger partial charge in [0.2, 0.25) is 0 Å². The van der Waals surface area contributed by atoms with Crippen molar-refractivity contribution in [3.8, 4) is 0 Å². The third-order valence-corrected chi connectivity index (χ3v) is 5.55. The van der Waals surface area contributed by atoms with Crippen molar-refractivity contribution in [2.75, 3.05) is 23.0 Å². The molecule has 1 aromatic rings. The second-order valence-corrected chi connectivity index (χ2v) is 7.37. The molecule has 18 heavy (non-hydrogen) atoms. The van der Waals surface area contributed by atoms with Gasteiger partial charge in [-0.1, -0.05) is 13.8 Å². The second-order valence-electron chi connectivity index (χ2n) is 5.16. The van der Waals surface area contributed by atoms with Crippen LogP contribution in [0.1, 0.15) is 31.3 Å². The van der Waals surface area contributed by atoms with Gasteiger partial charge in [0.1, 0.15) is 0 Å². The lowest BCUT2D eigenvalue weighted by Crippen LogP contribution is -2.40. The predicted molar refractivity (Wildman–Crippen MR) is 83.0 cm³/mol. The van der Waals surface area contributed by atoms with Gasteiger partial charge in [0, 0.05) is 41.6 Å². The van der Waals surface area contributed by atoms with Crippen LogP contribution in [0.25, 0.3) is 0 Å². The summed E-state index contributed by atoms with van der Waals surface area (Å²) in [7, 11) is 0. The highest BCUT2D eigenvalue weighted by Gasteiger charge is 2.22. The molecule has 1 unspecified atom stereocenters. The minimum absolute atomic E-state index is 0.528. The van der Waals surface area contributed by atoms with Crippen molar-refractivity contribution in [2.45, 2.75) is 46.3 Å². The number of aryl methyl sites for hydroxylation is 1. The lowest BCUT2D eigenvalue weighted by Gasteiger charge is -2.32. The van der Waals surface area contributed by atoms with Gasteiger partial charge in [0.15, 0.2) is 5.13 Å². The lowest BCUT2D eigenvalue weighted by atomic mass is 10.3. The number of aromatic nitrogens is 1. The normalized spacial score (nSPS) is 20.7. The number of thiazole rings is 1. The molecule has 1 N–H and O–H groups in total. The van der Waals surface area contributed by atoms with E-state index in [1.807, 2.05) is 23.1 Å². The van der Waals surface area contributed by atoms with Gasteiger partial charge in [-0.15, -0.1) is 11.3 Å². The zero-order chi connectivity index (χ0) is 13.1. The van der Waals surface area contributed by atoms with E-state index in [4.69, 9.17) is 4.98 Å². The molecule has 1 atom stereocenters. The first-order valence-electron chi connectivity index (χ1n) is 6.62. The Labute approximate surface area is 118 Å². The van der Waals surface area contributed by atoms with E-state index >= 15 is 0 Å². The fraction of sp³-hybridized carbons (Fsp3) is 0.769. The molecule has 1 aliphatic rings. The summed E-state index contributed by atoms with van der Waals surface area (Å²) < 4.78 is 0. The fourth-order valence-electron chi connectivity index (χ4n) is 2.01. The average molecular weight is 285 g/mol. The van der Waals surface area contributed by atoms with Crippen LogP contribution in [0.3, 0.4) is 0 Å². The molecule has 1 aliphatic heterocycles. The van der Waals surface area contributed by atoms with Crippen LogP contribution in [0.15, 0.2) is 0 Å². The molecule has 102 valence electrons. The van der Waals surface area contributed by atoms with E-state index in [1.54, 1.807) is 0 Å². The Morgan fingerprint density at radius 3 is 2.94 bits per heavy atom. The van der Waals surface area contributed by atoms with Crippen LogP contribution in [0, 0.1) is 6.92 Å². The van der Waals surface area contributed by atoms with Crippen molar-refractivity contribution in [1.82, 2.24) is 10.3 Å². The van der Waals surface area contributed by atoms with E-state index < -0.39 is 0 Å². The Balaban J connectivity index is 2.07. The molecule has 0 radical (unpaired) electrons. The standard InChI is InChI=1S/C13H23N3S2/c1-9(2)14-7-12-11(4)15-13(18-12)16-5-6-17-8-10(16)3/h9-10,14H,5-8H2,1-4H3. The van der Waals surface area contributed by atoms with Crippen LogP contribution >= 0.6 is 23.1 Å². The van der Waals surface area contributed by atoms with Crippen molar-refractivity contribution in [1.29, 1.82) is 0 Å². The maximum Gasteiger partial charge on any atom is 0.186 e. The summed E-state index contributed by atoms with van der Waals surface area (Å²) in [5, 5.41) is 4.69. The van der Waals surface area contributed by atoms with E-state index in [-0.39, 0.29) is 0 Å². The molecule has 0 bridgehead atoms. The zero-order valence-corrected chi connectivity index (χ0v) is 13.3. The van der Waals surface area contributed by atoms with Crippen molar-refractivity contribution in [2.24, 2.45) is 0 Å². The summed E-state index contributed by atoms with van der Waals surface area (Å²) >= 11 is 3.90. The molecule has 2 rings (SSSR count). The van der Waals surface area contributed by atoms with Crippen LogP contribution in [0.5, 0.6) is 0 Å². The molecule has 0 amide bonds. The molecule has 5 heteroatoms. The highest BCUT2D eigenvalue weighted by atomic mass is 32.2. The first-order valence-corrected chi connectivity index (χ1v) is 8.59. The van der Waals surface area contributed by atoms with Gasteiger partial charge in [-0.3, -0.25) is 0 Å². The molecule has 0 saturated carbocycles. The zero-order valence-electron chi connectivity index (χ0n) is 11.7. The Kier molecular flexibility index (Phi) is 4.92. The molecule has 1 aromatic heterocycles. The Morgan fingerprint density at radius 1 is 1.50 bits per heavy atom. The Morgan fingerprint density at radius 2 is 2.28 bits per heavy atom. The van der Waals surface area contributed by atoms with Crippen molar-refractivity contribution in [3.05, 3.63) is 10.6 Å². The van der Waals surface area contributed by atoms with Crippen molar-refractivity contribution >= 4 is 28.2 Å². The summed E-state index contributed by atoms with van der Waals surface area (Å²) in [4.78, 5) is 8.60. The maximum atomic E-state index is 4.76. The fourth-order valence-corrected chi connectivity index (χ4v) is 4.16. The smallest absolute Gasteiger partial charge is 0.186 e. The topological polar surface area (TPSA) is 28.2 Å². The highest BCUT2D eigenvalue weighted by molar-refractivity contribution is 7.99. The highest BCUT2D eigenvalue weighted by Crippen LogP contribution is 2.30. The quantitative estimate of drug-likeness (QED) is 0.921. The van der Waals surface area contributed by atoms with Gasteiger partial charge in [-0.05, 0) is 13.8 Å². The molecular weight excluding hydrogens is 262 g/mol. The Bertz CT molecular complexity index is 390. The predicted octanol–water partition coefficient (Wildman–Crippen LogP) is 2.89. The first-order chi connectivity index (χ1) is 8.58. The minimum atomic E-state index is 0.528. The molecule has 3 nitrogen and oxygen atoms in total. The van der Waals surface area contributed by atoms with E-state index in [0.717, 1.165) is 13.1 Å². The SMILES string of the molecule is Cc1nc(N2CCSCC2C)sc1CNC(C)C. The summed E-state index contributed by atoms with van der Waals surface area (Å²) in [6.45, 7) is 10.9. The number of rotatable bonds is 4. The second kappa shape index (κ2) is 6.26. The third kappa shape index (κ3) is 3.39. The maximum absolute atomic E-state index is 4.76. The van der Waals surface area contributed by atoms with Gasteiger partial charge in [-0.25, -0.2) is 4.98 Å². The summed E-state index contributed by atoms with van der Waals surface area (Å²) in [6.07, 6.45) is 0. The first kappa shape index (κ1) is 14.2. The summed E-state index contributed by atoms with van der Waals surface area (Å²) in [6, 6.07) is 1.14. The number of thioether (sulfide) groups is 1. The van der Waals surface area contributed by atoms with E-state index in [9.17, 15) is 0 Å². The van der Waals surface area contributed by atoms with Gasteiger partial charge < -0.3 is 10.2 Å². The summed E-state index contributed by atoms with van der Waals surface area (Å²) in [5.41, 5.74) is 1.19. The lowest BCUT2D eigenvalue weighted by molar-refractivity contribution is 0.591. The van der Waals surface area contributed by atoms with Gasteiger partial charge in [0.25, 0.3) is 0 Å².